The van der Waals surface area contributed by atoms with Gasteiger partial charge in [-0.1, -0.05) is 90.4 Å². The molecule has 0 atom stereocenters. The molecule has 40 heavy (non-hydrogen) atoms. The number of carbonyl (C=O) groups is 1. The number of carbonyl (C=O) groups excluding carboxylic acids is 1. The first kappa shape index (κ1) is 30.9. The number of hydrogen-bond acceptors (Lipinski definition) is 7. The Labute approximate surface area is 238 Å². The summed E-state index contributed by atoms with van der Waals surface area (Å²) in [6.07, 6.45) is 23.0. The number of phenolic OH excluding ortho intramolecular Hbond substituents is 1. The Bertz CT molecular complexity index is 1130. The summed E-state index contributed by atoms with van der Waals surface area (Å²) in [6, 6.07) is 11.5. The molecule has 0 aliphatic rings. The molecule has 2 aromatic carbocycles. The van der Waals surface area contributed by atoms with Crippen LogP contribution < -0.4 is 9.47 Å². The molecule has 0 saturated heterocycles. The summed E-state index contributed by atoms with van der Waals surface area (Å²) < 4.78 is 12.6. The van der Waals surface area contributed by atoms with E-state index in [1.807, 2.05) is 0 Å². The number of unbranched alkanes of at least 4 members (excludes halogenated alkanes) is 13. The lowest BCUT2D eigenvalue weighted by Crippen LogP contribution is -2.08. The van der Waals surface area contributed by atoms with E-state index in [1.165, 1.54) is 113 Å². The number of hydrogen-bond donors (Lipinski definition) is 1. The molecule has 0 bridgehead atoms. The Hall–Kier alpha value is -3.68. The number of phenols is 1. The van der Waals surface area contributed by atoms with E-state index in [2.05, 4.69) is 22.2 Å². The fourth-order valence-corrected chi connectivity index (χ4v) is 4.42. The molecule has 1 aromatic heterocycles. The Morgan fingerprint density at radius 2 is 1.35 bits per heavy atom. The van der Waals surface area contributed by atoms with Crippen LogP contribution in [0, 0.1) is 0 Å². The minimum Gasteiger partial charge on any atom is -0.507 e. The highest BCUT2D eigenvalue weighted by Gasteiger charge is 2.11. The standard InChI is InChI=1S/C32H44N4O4/c1-2-3-4-5-6-7-8-9-10-11-12-13-14-15-22-39-29-19-16-27(17-20-29)32(38)40-30-21-18-28(31(37)23-30)24-35-36-25-33-34-26-36/h16-21,23-26,37H,2-15,22H2,1H3/b35-24+. The number of rotatable bonds is 20. The van der Waals surface area contributed by atoms with Gasteiger partial charge >= 0.3 is 5.97 Å². The third-order valence-electron chi connectivity index (χ3n) is 6.81. The van der Waals surface area contributed by atoms with Crippen LogP contribution in [0.1, 0.15) is 113 Å². The van der Waals surface area contributed by atoms with Crippen LogP contribution in [0.4, 0.5) is 0 Å². The second-order valence-electron chi connectivity index (χ2n) is 10.2. The van der Waals surface area contributed by atoms with Crippen molar-refractivity contribution in [3.05, 3.63) is 66.2 Å². The van der Waals surface area contributed by atoms with Crippen molar-refractivity contribution in [1.82, 2.24) is 14.9 Å². The largest absolute Gasteiger partial charge is 0.507 e. The van der Waals surface area contributed by atoms with Gasteiger partial charge in [0.2, 0.25) is 0 Å². The average molecular weight is 549 g/mol. The molecule has 0 fully saturated rings. The predicted octanol–water partition coefficient (Wildman–Crippen LogP) is 7.95. The summed E-state index contributed by atoms with van der Waals surface area (Å²) in [5.41, 5.74) is 0.871. The quantitative estimate of drug-likeness (QED) is 0.0666. The summed E-state index contributed by atoms with van der Waals surface area (Å²) in [5, 5.41) is 21.6. The summed E-state index contributed by atoms with van der Waals surface area (Å²) >= 11 is 0. The van der Waals surface area contributed by atoms with Gasteiger partial charge in [-0.05, 0) is 42.8 Å². The fourth-order valence-electron chi connectivity index (χ4n) is 4.42. The van der Waals surface area contributed by atoms with Gasteiger partial charge in [0.25, 0.3) is 0 Å². The van der Waals surface area contributed by atoms with Crippen LogP contribution in [-0.2, 0) is 0 Å². The van der Waals surface area contributed by atoms with Crippen LogP contribution in [-0.4, -0.2) is 38.8 Å². The van der Waals surface area contributed by atoms with Gasteiger partial charge in [0.1, 0.15) is 29.9 Å². The molecule has 0 aliphatic heterocycles. The summed E-state index contributed by atoms with van der Waals surface area (Å²) in [4.78, 5) is 12.5. The molecule has 0 unspecified atom stereocenters. The van der Waals surface area contributed by atoms with Gasteiger partial charge < -0.3 is 14.6 Å². The van der Waals surface area contributed by atoms with E-state index in [0.717, 1.165) is 12.2 Å². The highest BCUT2D eigenvalue weighted by Crippen LogP contribution is 2.24. The van der Waals surface area contributed by atoms with E-state index in [0.29, 0.717) is 17.7 Å². The fraction of sp³-hybridized carbons (Fsp3) is 0.500. The molecule has 0 spiro atoms. The van der Waals surface area contributed by atoms with Gasteiger partial charge in [0, 0.05) is 11.6 Å². The van der Waals surface area contributed by atoms with Crippen molar-refractivity contribution in [2.45, 2.75) is 96.8 Å². The number of benzene rings is 2. The maximum absolute atomic E-state index is 12.5. The summed E-state index contributed by atoms with van der Waals surface area (Å²) in [7, 11) is 0. The SMILES string of the molecule is CCCCCCCCCCCCCCCCOc1ccc(C(=O)Oc2ccc(/C=N/n3cnnc3)c(O)c2)cc1. The smallest absolute Gasteiger partial charge is 0.343 e. The average Bonchev–Trinajstić information content (AvgIpc) is 3.49. The molecule has 0 saturated carbocycles. The van der Waals surface area contributed by atoms with Crippen molar-refractivity contribution in [3.63, 3.8) is 0 Å². The maximum Gasteiger partial charge on any atom is 0.343 e. The number of esters is 1. The maximum atomic E-state index is 12.5. The number of ether oxygens (including phenoxy) is 2. The van der Waals surface area contributed by atoms with Crippen LogP contribution in [0.3, 0.4) is 0 Å². The molecule has 216 valence electrons. The zero-order valence-corrected chi connectivity index (χ0v) is 23.8. The molecule has 3 rings (SSSR count). The van der Waals surface area contributed by atoms with Crippen molar-refractivity contribution in [2.24, 2.45) is 5.10 Å². The second kappa shape index (κ2) is 18.6. The van der Waals surface area contributed by atoms with E-state index in [-0.39, 0.29) is 11.5 Å². The van der Waals surface area contributed by atoms with Crippen LogP contribution >= 0.6 is 0 Å². The van der Waals surface area contributed by atoms with Gasteiger partial charge in [-0.3, -0.25) is 0 Å². The molecule has 8 nitrogen and oxygen atoms in total. The zero-order valence-electron chi connectivity index (χ0n) is 23.8. The monoisotopic (exact) mass is 548 g/mol. The van der Waals surface area contributed by atoms with E-state index in [9.17, 15) is 9.90 Å². The molecule has 0 radical (unpaired) electrons. The third-order valence-corrected chi connectivity index (χ3v) is 6.81. The topological polar surface area (TPSA) is 98.8 Å². The third kappa shape index (κ3) is 12.0. The first-order chi connectivity index (χ1) is 19.7. The van der Waals surface area contributed by atoms with E-state index in [4.69, 9.17) is 9.47 Å². The van der Waals surface area contributed by atoms with Gasteiger partial charge in [0.15, 0.2) is 0 Å². The molecule has 0 aliphatic carbocycles. The Balaban J connectivity index is 1.25. The lowest BCUT2D eigenvalue weighted by molar-refractivity contribution is 0.0734. The number of nitrogens with zero attached hydrogens (tertiary/aromatic N) is 4. The predicted molar refractivity (Wildman–Crippen MR) is 158 cm³/mol. The molecule has 3 aromatic rings. The molecule has 1 heterocycles. The Morgan fingerprint density at radius 3 is 1.93 bits per heavy atom. The Morgan fingerprint density at radius 1 is 0.800 bits per heavy atom. The highest BCUT2D eigenvalue weighted by molar-refractivity contribution is 5.91. The van der Waals surface area contributed by atoms with Gasteiger partial charge in [-0.2, -0.15) is 5.10 Å². The number of aromatic nitrogens is 3. The minimum atomic E-state index is -0.510. The molecule has 8 heteroatoms. The minimum absolute atomic E-state index is 0.0608. The summed E-state index contributed by atoms with van der Waals surface area (Å²) in [5.74, 6) is 0.404. The first-order valence-corrected chi connectivity index (χ1v) is 14.8. The van der Waals surface area contributed by atoms with Crippen molar-refractivity contribution in [3.8, 4) is 17.2 Å². The van der Waals surface area contributed by atoms with Crippen molar-refractivity contribution >= 4 is 12.2 Å². The summed E-state index contributed by atoms with van der Waals surface area (Å²) in [6.45, 7) is 2.94. The zero-order chi connectivity index (χ0) is 28.3. The molecule has 1 N–H and O–H groups in total. The van der Waals surface area contributed by atoms with Crippen LogP contribution in [0.2, 0.25) is 0 Å². The van der Waals surface area contributed by atoms with E-state index >= 15 is 0 Å². The van der Waals surface area contributed by atoms with Gasteiger partial charge in [0.05, 0.1) is 18.4 Å². The van der Waals surface area contributed by atoms with E-state index < -0.39 is 5.97 Å². The van der Waals surface area contributed by atoms with Crippen LogP contribution in [0.15, 0.2) is 60.2 Å². The van der Waals surface area contributed by atoms with Crippen molar-refractivity contribution in [1.29, 1.82) is 0 Å². The molecule has 0 amide bonds. The van der Waals surface area contributed by atoms with E-state index in [1.54, 1.807) is 36.4 Å². The van der Waals surface area contributed by atoms with Crippen molar-refractivity contribution < 1.29 is 19.4 Å². The van der Waals surface area contributed by atoms with Crippen molar-refractivity contribution in [2.75, 3.05) is 6.61 Å². The Kier molecular flexibility index (Phi) is 14.3. The second-order valence-corrected chi connectivity index (χ2v) is 10.2. The normalized spacial score (nSPS) is 11.2. The molecular formula is C32H44N4O4. The lowest BCUT2D eigenvalue weighted by Gasteiger charge is -2.08. The van der Waals surface area contributed by atoms with Gasteiger partial charge in [-0.25, -0.2) is 9.47 Å². The highest BCUT2D eigenvalue weighted by atomic mass is 16.5. The lowest BCUT2D eigenvalue weighted by atomic mass is 10.0. The van der Waals surface area contributed by atoms with Gasteiger partial charge in [-0.15, -0.1) is 10.2 Å². The van der Waals surface area contributed by atoms with Crippen LogP contribution in [0.25, 0.3) is 0 Å². The molecular weight excluding hydrogens is 504 g/mol. The van der Waals surface area contributed by atoms with Crippen LogP contribution in [0.5, 0.6) is 17.2 Å². The first-order valence-electron chi connectivity index (χ1n) is 14.8. The number of aromatic hydroxyl groups is 1.